The average molecular weight is 511 g/mol. The molecule has 1 saturated heterocycles. The number of guanidine groups is 1. The second-order valence-electron chi connectivity index (χ2n) is 7.53. The minimum atomic E-state index is 0. The Labute approximate surface area is 191 Å². The van der Waals surface area contributed by atoms with Gasteiger partial charge in [-0.15, -0.1) is 24.0 Å². The number of halogens is 1. The molecule has 1 atom stereocenters. The van der Waals surface area contributed by atoms with E-state index in [1.54, 1.807) is 6.26 Å². The quantitative estimate of drug-likeness (QED) is 0.318. The number of nitrogens with one attached hydrogen (secondary N) is 2. The predicted molar refractivity (Wildman–Crippen MR) is 130 cm³/mol. The molecule has 0 aromatic carbocycles. The number of hydrogen-bond donors (Lipinski definition) is 2. The van der Waals surface area contributed by atoms with E-state index in [0.717, 1.165) is 50.7 Å². The van der Waals surface area contributed by atoms with Gasteiger partial charge in [0.2, 0.25) is 0 Å². The van der Waals surface area contributed by atoms with Gasteiger partial charge in [0.25, 0.3) is 0 Å². The third-order valence-corrected chi connectivity index (χ3v) is 5.39. The Kier molecular flexibility index (Phi) is 10.3. The summed E-state index contributed by atoms with van der Waals surface area (Å²) in [5.41, 5.74) is 1.27. The van der Waals surface area contributed by atoms with Crippen molar-refractivity contribution >= 4 is 35.6 Å². The molecule has 1 fully saturated rings. The summed E-state index contributed by atoms with van der Waals surface area (Å²) in [6.45, 7) is 8.24. The molecular weight excluding hydrogens is 477 g/mol. The summed E-state index contributed by atoms with van der Waals surface area (Å²) in [5.74, 6) is 2.55. The maximum Gasteiger partial charge on any atom is 0.191 e. The lowest BCUT2D eigenvalue weighted by Gasteiger charge is -2.33. The predicted octanol–water partition coefficient (Wildman–Crippen LogP) is 4.09. The largest absolute Gasteiger partial charge is 0.469 e. The standard InChI is InChI=1S/C22H33N5O.HI/c1-3-18(2)26-22(24-13-8-21-5-4-16-28-21)25-17-19-9-14-27(15-10-19)20-6-11-23-12-7-20;/h4-7,11-12,16,18-19H,3,8-10,13-15,17H2,1-2H3,(H2,24,25,26);1H. The molecule has 29 heavy (non-hydrogen) atoms. The van der Waals surface area contributed by atoms with Crippen molar-refractivity contribution in [1.29, 1.82) is 0 Å². The van der Waals surface area contributed by atoms with Gasteiger partial charge in [-0.2, -0.15) is 0 Å². The molecule has 3 heterocycles. The molecule has 0 spiro atoms. The number of nitrogens with zero attached hydrogens (tertiary/aromatic N) is 3. The van der Waals surface area contributed by atoms with Crippen LogP contribution in [0.15, 0.2) is 52.3 Å². The first kappa shape index (κ1) is 23.5. The Morgan fingerprint density at radius 3 is 2.69 bits per heavy atom. The number of aromatic nitrogens is 1. The highest BCUT2D eigenvalue weighted by molar-refractivity contribution is 14.0. The Hall–Kier alpha value is -1.77. The highest BCUT2D eigenvalue weighted by Gasteiger charge is 2.19. The maximum atomic E-state index is 5.41. The van der Waals surface area contributed by atoms with E-state index in [2.05, 4.69) is 46.5 Å². The molecule has 0 amide bonds. The van der Waals surface area contributed by atoms with Crippen molar-refractivity contribution in [1.82, 2.24) is 15.6 Å². The van der Waals surface area contributed by atoms with Crippen molar-refractivity contribution in [2.45, 2.75) is 45.6 Å². The van der Waals surface area contributed by atoms with E-state index in [9.17, 15) is 0 Å². The van der Waals surface area contributed by atoms with Crippen molar-refractivity contribution in [2.24, 2.45) is 10.9 Å². The molecule has 7 heteroatoms. The highest BCUT2D eigenvalue weighted by Crippen LogP contribution is 2.22. The van der Waals surface area contributed by atoms with Crippen LogP contribution in [0.25, 0.3) is 0 Å². The van der Waals surface area contributed by atoms with Crippen LogP contribution in [-0.4, -0.2) is 43.2 Å². The van der Waals surface area contributed by atoms with E-state index in [1.807, 2.05) is 24.5 Å². The monoisotopic (exact) mass is 511 g/mol. The summed E-state index contributed by atoms with van der Waals surface area (Å²) in [6, 6.07) is 8.53. The fourth-order valence-electron chi connectivity index (χ4n) is 3.40. The second kappa shape index (κ2) is 12.7. The van der Waals surface area contributed by atoms with Gasteiger partial charge < -0.3 is 20.0 Å². The summed E-state index contributed by atoms with van der Waals surface area (Å²) in [7, 11) is 0. The number of anilines is 1. The fourth-order valence-corrected chi connectivity index (χ4v) is 3.40. The van der Waals surface area contributed by atoms with Crippen LogP contribution in [0, 0.1) is 5.92 Å². The normalized spacial score (nSPS) is 16.2. The van der Waals surface area contributed by atoms with Gasteiger partial charge >= 0.3 is 0 Å². The molecule has 3 rings (SSSR count). The Morgan fingerprint density at radius 1 is 1.28 bits per heavy atom. The number of pyridine rings is 1. The van der Waals surface area contributed by atoms with Crippen molar-refractivity contribution in [2.75, 3.05) is 31.1 Å². The molecule has 0 saturated carbocycles. The number of rotatable bonds is 8. The zero-order chi connectivity index (χ0) is 19.6. The summed E-state index contributed by atoms with van der Waals surface area (Å²) < 4.78 is 5.41. The third-order valence-electron chi connectivity index (χ3n) is 5.39. The number of piperidine rings is 1. The average Bonchev–Trinajstić information content (AvgIpc) is 3.26. The smallest absolute Gasteiger partial charge is 0.191 e. The third kappa shape index (κ3) is 7.87. The van der Waals surface area contributed by atoms with Gasteiger partial charge in [-0.3, -0.25) is 9.98 Å². The molecular formula is C22H34IN5O. The lowest BCUT2D eigenvalue weighted by molar-refractivity contribution is 0.414. The number of furan rings is 1. The first-order chi connectivity index (χ1) is 13.7. The minimum absolute atomic E-state index is 0. The van der Waals surface area contributed by atoms with E-state index in [4.69, 9.17) is 9.41 Å². The van der Waals surface area contributed by atoms with Crippen LogP contribution in [-0.2, 0) is 6.42 Å². The van der Waals surface area contributed by atoms with Crippen LogP contribution in [0.5, 0.6) is 0 Å². The molecule has 1 aliphatic rings. The molecule has 2 aromatic rings. The molecule has 1 aliphatic heterocycles. The van der Waals surface area contributed by atoms with Crippen LogP contribution >= 0.6 is 24.0 Å². The van der Waals surface area contributed by atoms with Gasteiger partial charge in [0.15, 0.2) is 5.96 Å². The maximum absolute atomic E-state index is 5.41. The Morgan fingerprint density at radius 2 is 2.03 bits per heavy atom. The van der Waals surface area contributed by atoms with E-state index < -0.39 is 0 Å². The summed E-state index contributed by atoms with van der Waals surface area (Å²) in [6.07, 6.45) is 9.74. The number of aliphatic imine (C=N–C) groups is 1. The van der Waals surface area contributed by atoms with E-state index >= 15 is 0 Å². The topological polar surface area (TPSA) is 65.7 Å². The Bertz CT molecular complexity index is 699. The summed E-state index contributed by atoms with van der Waals surface area (Å²) >= 11 is 0. The first-order valence-electron chi connectivity index (χ1n) is 10.5. The molecule has 0 bridgehead atoms. The highest BCUT2D eigenvalue weighted by atomic mass is 127. The van der Waals surface area contributed by atoms with Crippen LogP contribution in [0.2, 0.25) is 0 Å². The first-order valence-corrected chi connectivity index (χ1v) is 10.5. The molecule has 0 aliphatic carbocycles. The van der Waals surface area contributed by atoms with Gasteiger partial charge in [0, 0.05) is 56.7 Å². The SMILES string of the molecule is CCC(C)NC(=NCC1CCN(c2ccncc2)CC1)NCCc1ccco1.I. The lowest BCUT2D eigenvalue weighted by atomic mass is 9.97. The molecule has 2 N–H and O–H groups in total. The van der Waals surface area contributed by atoms with Crippen molar-refractivity contribution in [3.8, 4) is 0 Å². The van der Waals surface area contributed by atoms with E-state index in [-0.39, 0.29) is 24.0 Å². The van der Waals surface area contributed by atoms with E-state index in [0.29, 0.717) is 12.0 Å². The molecule has 160 valence electrons. The van der Waals surface area contributed by atoms with Crippen LogP contribution < -0.4 is 15.5 Å². The fraction of sp³-hybridized carbons (Fsp3) is 0.545. The van der Waals surface area contributed by atoms with Gasteiger partial charge in [-0.05, 0) is 56.4 Å². The lowest BCUT2D eigenvalue weighted by Crippen LogP contribution is -2.43. The summed E-state index contributed by atoms with van der Waals surface area (Å²) in [5, 5.41) is 6.97. The van der Waals surface area contributed by atoms with Gasteiger partial charge in [-0.25, -0.2) is 0 Å². The molecule has 1 unspecified atom stereocenters. The molecule has 2 aromatic heterocycles. The van der Waals surface area contributed by atoms with E-state index in [1.165, 1.54) is 18.5 Å². The van der Waals surface area contributed by atoms with Crippen LogP contribution in [0.4, 0.5) is 5.69 Å². The molecule has 0 radical (unpaired) electrons. The minimum Gasteiger partial charge on any atom is -0.469 e. The van der Waals surface area contributed by atoms with Gasteiger partial charge in [0.1, 0.15) is 5.76 Å². The molecule has 6 nitrogen and oxygen atoms in total. The van der Waals surface area contributed by atoms with Gasteiger partial charge in [-0.1, -0.05) is 6.92 Å². The summed E-state index contributed by atoms with van der Waals surface area (Å²) in [4.78, 5) is 11.4. The van der Waals surface area contributed by atoms with Crippen molar-refractivity contribution in [3.05, 3.63) is 48.7 Å². The van der Waals surface area contributed by atoms with Crippen LogP contribution in [0.1, 0.15) is 38.9 Å². The van der Waals surface area contributed by atoms with Crippen molar-refractivity contribution < 1.29 is 4.42 Å². The van der Waals surface area contributed by atoms with Gasteiger partial charge in [0.05, 0.1) is 6.26 Å². The van der Waals surface area contributed by atoms with Crippen LogP contribution in [0.3, 0.4) is 0 Å². The number of hydrogen-bond acceptors (Lipinski definition) is 4. The Balaban J connectivity index is 0.00000300. The second-order valence-corrected chi connectivity index (χ2v) is 7.53. The van der Waals surface area contributed by atoms with Crippen molar-refractivity contribution in [3.63, 3.8) is 0 Å². The zero-order valence-corrected chi connectivity index (χ0v) is 19.8. The zero-order valence-electron chi connectivity index (χ0n) is 17.5.